The number of hydrogen-bond acceptors (Lipinski definition) is 4. The van der Waals surface area contributed by atoms with Crippen LogP contribution in [0.1, 0.15) is 16.3 Å². The molecule has 1 heterocycles. The molecule has 0 aliphatic carbocycles. The summed E-state index contributed by atoms with van der Waals surface area (Å²) in [6, 6.07) is 10.3. The standard InChI is InChI=1S/C15H18N2O2S/c1-17(10-12-5-3-2-4-6-12)8-7-14-16-13(11-20-14)9-15(18)19/h2-6,11H,7-10H2,1H3,(H,18,19). The average molecular weight is 290 g/mol. The first-order chi connectivity index (χ1) is 9.63. The van der Waals surface area contributed by atoms with E-state index in [1.54, 1.807) is 0 Å². The van der Waals surface area contributed by atoms with Gasteiger partial charge in [0, 0.05) is 24.9 Å². The zero-order chi connectivity index (χ0) is 14.4. The van der Waals surface area contributed by atoms with Gasteiger partial charge in [-0.15, -0.1) is 11.3 Å². The SMILES string of the molecule is CN(CCc1nc(CC(=O)O)cs1)Cc1ccccc1. The Bertz CT molecular complexity index is 554. The fourth-order valence-corrected chi connectivity index (χ4v) is 2.75. The summed E-state index contributed by atoms with van der Waals surface area (Å²) in [6.07, 6.45) is 0.865. The van der Waals surface area contributed by atoms with Crippen molar-refractivity contribution >= 4 is 17.3 Å². The summed E-state index contributed by atoms with van der Waals surface area (Å²) in [7, 11) is 2.08. The molecule has 106 valence electrons. The number of carboxylic acids is 1. The molecule has 0 saturated carbocycles. The number of hydrogen-bond donors (Lipinski definition) is 1. The second-order valence-electron chi connectivity index (χ2n) is 4.78. The number of carboxylic acid groups (broad SMARTS) is 1. The van der Waals surface area contributed by atoms with Gasteiger partial charge in [0.2, 0.25) is 0 Å². The lowest BCUT2D eigenvalue weighted by atomic mass is 10.2. The van der Waals surface area contributed by atoms with Crippen LogP contribution in [0.15, 0.2) is 35.7 Å². The van der Waals surface area contributed by atoms with E-state index in [1.165, 1.54) is 16.9 Å². The van der Waals surface area contributed by atoms with Gasteiger partial charge in [-0.3, -0.25) is 4.79 Å². The monoisotopic (exact) mass is 290 g/mol. The maximum absolute atomic E-state index is 10.6. The first-order valence-corrected chi connectivity index (χ1v) is 7.39. The second-order valence-corrected chi connectivity index (χ2v) is 5.72. The smallest absolute Gasteiger partial charge is 0.309 e. The Morgan fingerprint density at radius 3 is 2.80 bits per heavy atom. The predicted molar refractivity (Wildman–Crippen MR) is 79.9 cm³/mol. The van der Waals surface area contributed by atoms with Crippen molar-refractivity contribution in [3.05, 3.63) is 52.0 Å². The van der Waals surface area contributed by atoms with Gasteiger partial charge in [0.1, 0.15) is 0 Å². The van der Waals surface area contributed by atoms with E-state index < -0.39 is 5.97 Å². The molecule has 0 unspecified atom stereocenters. The van der Waals surface area contributed by atoms with E-state index in [-0.39, 0.29) is 6.42 Å². The molecule has 0 bridgehead atoms. The van der Waals surface area contributed by atoms with E-state index in [2.05, 4.69) is 29.1 Å². The molecule has 5 heteroatoms. The maximum atomic E-state index is 10.6. The van der Waals surface area contributed by atoms with Crippen LogP contribution >= 0.6 is 11.3 Å². The van der Waals surface area contributed by atoms with Crippen LogP contribution in [0.5, 0.6) is 0 Å². The van der Waals surface area contributed by atoms with E-state index in [0.29, 0.717) is 5.69 Å². The van der Waals surface area contributed by atoms with Gasteiger partial charge < -0.3 is 10.0 Å². The summed E-state index contributed by atoms with van der Waals surface area (Å²) in [4.78, 5) is 17.2. The number of likely N-dealkylation sites (N-methyl/N-ethyl adjacent to an activating group) is 1. The topological polar surface area (TPSA) is 53.4 Å². The third-order valence-electron chi connectivity index (χ3n) is 2.93. The van der Waals surface area contributed by atoms with Gasteiger partial charge in [-0.05, 0) is 12.6 Å². The van der Waals surface area contributed by atoms with Gasteiger partial charge in [0.25, 0.3) is 0 Å². The molecule has 1 N–H and O–H groups in total. The Morgan fingerprint density at radius 1 is 1.35 bits per heavy atom. The zero-order valence-electron chi connectivity index (χ0n) is 11.5. The zero-order valence-corrected chi connectivity index (χ0v) is 12.3. The Hall–Kier alpha value is -1.72. The molecule has 1 aromatic heterocycles. The fraction of sp³-hybridized carbons (Fsp3) is 0.333. The Balaban J connectivity index is 1.79. The highest BCUT2D eigenvalue weighted by Crippen LogP contribution is 2.12. The molecule has 0 spiro atoms. The summed E-state index contributed by atoms with van der Waals surface area (Å²) in [5, 5.41) is 11.5. The van der Waals surface area contributed by atoms with Crippen LogP contribution in [0.25, 0.3) is 0 Å². The number of benzene rings is 1. The molecule has 20 heavy (non-hydrogen) atoms. The lowest BCUT2D eigenvalue weighted by Gasteiger charge is -2.15. The van der Waals surface area contributed by atoms with Crippen LogP contribution in [0.3, 0.4) is 0 Å². The van der Waals surface area contributed by atoms with Crippen molar-refractivity contribution in [3.63, 3.8) is 0 Å². The van der Waals surface area contributed by atoms with Crippen molar-refractivity contribution < 1.29 is 9.90 Å². The summed E-state index contributed by atoms with van der Waals surface area (Å²) < 4.78 is 0. The predicted octanol–water partition coefficient (Wildman–Crippen LogP) is 2.44. The number of nitrogens with zero attached hydrogens (tertiary/aromatic N) is 2. The Kier molecular flexibility index (Phi) is 5.26. The van der Waals surface area contributed by atoms with Gasteiger partial charge in [0.05, 0.1) is 17.1 Å². The summed E-state index contributed by atoms with van der Waals surface area (Å²) >= 11 is 1.54. The van der Waals surface area contributed by atoms with Crippen molar-refractivity contribution in [2.45, 2.75) is 19.4 Å². The van der Waals surface area contributed by atoms with Gasteiger partial charge in [-0.2, -0.15) is 0 Å². The third kappa shape index (κ3) is 4.75. The lowest BCUT2D eigenvalue weighted by molar-refractivity contribution is -0.136. The molecule has 4 nitrogen and oxygen atoms in total. The van der Waals surface area contributed by atoms with E-state index >= 15 is 0 Å². The molecule has 0 saturated heterocycles. The third-order valence-corrected chi connectivity index (χ3v) is 3.89. The van der Waals surface area contributed by atoms with Crippen molar-refractivity contribution in [2.75, 3.05) is 13.6 Å². The number of aromatic nitrogens is 1. The molecule has 0 atom stereocenters. The van der Waals surface area contributed by atoms with Crippen LogP contribution in [0.2, 0.25) is 0 Å². The van der Waals surface area contributed by atoms with Crippen LogP contribution in [0.4, 0.5) is 0 Å². The van der Waals surface area contributed by atoms with E-state index in [1.807, 2.05) is 23.6 Å². The van der Waals surface area contributed by atoms with Crippen LogP contribution < -0.4 is 0 Å². The number of rotatable bonds is 7. The minimum atomic E-state index is -0.831. The van der Waals surface area contributed by atoms with Gasteiger partial charge in [-0.1, -0.05) is 30.3 Å². The highest BCUT2D eigenvalue weighted by molar-refractivity contribution is 7.09. The summed E-state index contributed by atoms with van der Waals surface area (Å²) in [5.74, 6) is -0.831. The van der Waals surface area contributed by atoms with Crippen LogP contribution in [-0.4, -0.2) is 34.6 Å². The minimum absolute atomic E-state index is 0.0103. The number of thiazole rings is 1. The molecule has 0 fully saturated rings. The molecule has 2 rings (SSSR count). The molecule has 1 aromatic carbocycles. The normalized spacial score (nSPS) is 10.9. The van der Waals surface area contributed by atoms with Crippen LogP contribution in [0, 0.1) is 0 Å². The molecular weight excluding hydrogens is 272 g/mol. The second kappa shape index (κ2) is 7.17. The molecule has 2 aromatic rings. The van der Waals surface area contributed by atoms with E-state index in [0.717, 1.165) is 24.5 Å². The molecule has 0 aliphatic rings. The van der Waals surface area contributed by atoms with Crippen molar-refractivity contribution in [1.82, 2.24) is 9.88 Å². The lowest BCUT2D eigenvalue weighted by Crippen LogP contribution is -2.20. The van der Waals surface area contributed by atoms with Crippen LogP contribution in [-0.2, 0) is 24.2 Å². The van der Waals surface area contributed by atoms with Gasteiger partial charge in [0.15, 0.2) is 0 Å². The number of carbonyl (C=O) groups is 1. The van der Waals surface area contributed by atoms with E-state index in [4.69, 9.17) is 5.11 Å². The van der Waals surface area contributed by atoms with Gasteiger partial charge in [-0.25, -0.2) is 4.98 Å². The Morgan fingerprint density at radius 2 is 2.10 bits per heavy atom. The summed E-state index contributed by atoms with van der Waals surface area (Å²) in [5.41, 5.74) is 1.95. The molecule has 0 aliphatic heterocycles. The fourth-order valence-electron chi connectivity index (χ4n) is 1.96. The highest BCUT2D eigenvalue weighted by Gasteiger charge is 2.07. The van der Waals surface area contributed by atoms with Gasteiger partial charge >= 0.3 is 5.97 Å². The van der Waals surface area contributed by atoms with Crippen molar-refractivity contribution in [2.24, 2.45) is 0 Å². The van der Waals surface area contributed by atoms with Crippen molar-refractivity contribution in [3.8, 4) is 0 Å². The Labute approximate surface area is 122 Å². The maximum Gasteiger partial charge on any atom is 0.309 e. The quantitative estimate of drug-likeness (QED) is 0.851. The molecule has 0 amide bonds. The largest absolute Gasteiger partial charge is 0.481 e. The highest BCUT2D eigenvalue weighted by atomic mass is 32.1. The summed E-state index contributed by atoms with van der Waals surface area (Å²) in [6.45, 7) is 1.82. The van der Waals surface area contributed by atoms with Crippen molar-refractivity contribution in [1.29, 1.82) is 0 Å². The number of aliphatic carboxylic acids is 1. The average Bonchev–Trinajstić information content (AvgIpc) is 2.84. The van der Waals surface area contributed by atoms with E-state index in [9.17, 15) is 4.79 Å². The first kappa shape index (κ1) is 14.7. The first-order valence-electron chi connectivity index (χ1n) is 6.51. The molecular formula is C15H18N2O2S. The minimum Gasteiger partial charge on any atom is -0.481 e. The molecule has 0 radical (unpaired) electrons.